The fourth-order valence-corrected chi connectivity index (χ4v) is 3.53. The Morgan fingerprint density at radius 2 is 1.76 bits per heavy atom. The minimum Gasteiger partial charge on any atom is -0.322 e. The van der Waals surface area contributed by atoms with Gasteiger partial charge in [0, 0.05) is 13.1 Å². The number of rotatable bonds is 3. The van der Waals surface area contributed by atoms with Crippen LogP contribution >= 0.6 is 23.2 Å². The minimum absolute atomic E-state index is 0.0636. The fourth-order valence-electron chi connectivity index (χ4n) is 3.04. The summed E-state index contributed by atoms with van der Waals surface area (Å²) in [6.45, 7) is 8.31. The Labute approximate surface area is 136 Å². The number of carbonyl (C=O) groups excluding carboxylic acids is 1. The zero-order valence-electron chi connectivity index (χ0n) is 12.7. The van der Waals surface area contributed by atoms with Gasteiger partial charge in [-0.2, -0.15) is 0 Å². The van der Waals surface area contributed by atoms with Gasteiger partial charge in [0.2, 0.25) is 5.91 Å². The van der Waals surface area contributed by atoms with E-state index in [-0.39, 0.29) is 11.9 Å². The smallest absolute Gasteiger partial charge is 0.241 e. The van der Waals surface area contributed by atoms with Crippen LogP contribution in [0.4, 0.5) is 5.69 Å². The van der Waals surface area contributed by atoms with Gasteiger partial charge in [0.15, 0.2) is 0 Å². The van der Waals surface area contributed by atoms with Crippen LogP contribution in [-0.2, 0) is 4.79 Å². The summed E-state index contributed by atoms with van der Waals surface area (Å²) in [7, 11) is 0. The van der Waals surface area contributed by atoms with Crippen molar-refractivity contribution in [3.63, 3.8) is 0 Å². The molecule has 0 bridgehead atoms. The number of para-hydroxylation sites is 1. The Bertz CT molecular complexity index is 491. The molecule has 1 fully saturated rings. The third kappa shape index (κ3) is 4.12. The van der Waals surface area contributed by atoms with Gasteiger partial charge in [0.25, 0.3) is 0 Å². The zero-order valence-corrected chi connectivity index (χ0v) is 14.2. The van der Waals surface area contributed by atoms with Crippen molar-refractivity contribution >= 4 is 34.8 Å². The topological polar surface area (TPSA) is 32.3 Å². The Hall–Kier alpha value is -0.770. The highest BCUT2D eigenvalue weighted by Crippen LogP contribution is 2.30. The van der Waals surface area contributed by atoms with Gasteiger partial charge in [-0.1, -0.05) is 43.1 Å². The first-order chi connectivity index (χ1) is 9.88. The van der Waals surface area contributed by atoms with Crippen molar-refractivity contribution in [3.05, 3.63) is 28.2 Å². The first kappa shape index (κ1) is 16.6. The van der Waals surface area contributed by atoms with E-state index in [1.807, 2.05) is 6.92 Å². The van der Waals surface area contributed by atoms with Gasteiger partial charge in [-0.05, 0) is 37.3 Å². The Morgan fingerprint density at radius 1 is 1.24 bits per heavy atom. The first-order valence-electron chi connectivity index (χ1n) is 7.37. The molecule has 1 N–H and O–H groups in total. The van der Waals surface area contributed by atoms with Crippen molar-refractivity contribution in [2.45, 2.75) is 33.2 Å². The molecule has 5 heteroatoms. The van der Waals surface area contributed by atoms with Gasteiger partial charge < -0.3 is 5.32 Å². The number of likely N-dealkylation sites (tertiary alicyclic amines) is 1. The second-order valence-corrected chi connectivity index (χ2v) is 6.98. The van der Waals surface area contributed by atoms with Gasteiger partial charge in [-0.3, -0.25) is 9.69 Å². The lowest BCUT2D eigenvalue weighted by atomic mass is 9.91. The molecule has 3 nitrogen and oxygen atoms in total. The van der Waals surface area contributed by atoms with Crippen molar-refractivity contribution in [2.24, 2.45) is 11.8 Å². The van der Waals surface area contributed by atoms with E-state index in [0.717, 1.165) is 13.1 Å². The molecule has 1 amide bonds. The first-order valence-corrected chi connectivity index (χ1v) is 8.13. The van der Waals surface area contributed by atoms with Crippen LogP contribution in [0.1, 0.15) is 27.2 Å². The normalized spacial score (nSPS) is 24.6. The maximum absolute atomic E-state index is 12.5. The summed E-state index contributed by atoms with van der Waals surface area (Å²) in [6.07, 6.45) is 1.22. The third-order valence-corrected chi connectivity index (χ3v) is 4.67. The Morgan fingerprint density at radius 3 is 2.29 bits per heavy atom. The predicted octanol–water partition coefficient (Wildman–Crippen LogP) is 4.30. The molecule has 1 aliphatic rings. The van der Waals surface area contributed by atoms with E-state index < -0.39 is 0 Å². The van der Waals surface area contributed by atoms with Crippen LogP contribution in [0.25, 0.3) is 0 Å². The summed E-state index contributed by atoms with van der Waals surface area (Å²) < 4.78 is 0. The van der Waals surface area contributed by atoms with Crippen molar-refractivity contribution in [2.75, 3.05) is 18.4 Å². The highest BCUT2D eigenvalue weighted by atomic mass is 35.5. The number of anilines is 1. The number of piperidine rings is 1. The number of nitrogens with zero attached hydrogens (tertiary/aromatic N) is 1. The molecule has 1 aromatic carbocycles. The van der Waals surface area contributed by atoms with Crippen molar-refractivity contribution in [1.29, 1.82) is 0 Å². The highest BCUT2D eigenvalue weighted by molar-refractivity contribution is 6.39. The van der Waals surface area contributed by atoms with Crippen molar-refractivity contribution in [3.8, 4) is 0 Å². The molecule has 0 saturated carbocycles. The van der Waals surface area contributed by atoms with Gasteiger partial charge in [-0.15, -0.1) is 0 Å². The lowest BCUT2D eigenvalue weighted by molar-refractivity contribution is -0.121. The van der Waals surface area contributed by atoms with E-state index in [2.05, 4.69) is 24.1 Å². The standard InChI is InChI=1S/C16H22Cl2N2O/c1-10-7-11(2)9-20(8-10)12(3)16(21)19-15-13(17)5-4-6-14(15)18/h4-6,10-12H,7-9H2,1-3H3,(H,19,21)/t10-,11+,12-/m0/s1. The van der Waals surface area contributed by atoms with Crippen LogP contribution < -0.4 is 5.32 Å². The molecule has 21 heavy (non-hydrogen) atoms. The molecule has 2 rings (SSSR count). The number of carbonyl (C=O) groups is 1. The number of nitrogens with one attached hydrogen (secondary N) is 1. The van der Waals surface area contributed by atoms with Gasteiger partial charge in [0.1, 0.15) is 0 Å². The summed E-state index contributed by atoms with van der Waals surface area (Å²) >= 11 is 12.2. The summed E-state index contributed by atoms with van der Waals surface area (Å²) in [6, 6.07) is 5.01. The Kier molecular flexibility index (Phi) is 5.53. The molecule has 0 unspecified atom stereocenters. The van der Waals surface area contributed by atoms with Gasteiger partial charge in [0.05, 0.1) is 21.8 Å². The number of hydrogen-bond donors (Lipinski definition) is 1. The average molecular weight is 329 g/mol. The molecule has 0 radical (unpaired) electrons. The SMILES string of the molecule is C[C@@H]1C[C@H](C)CN([C@@H](C)C(=O)Nc2c(Cl)cccc2Cl)C1. The number of amides is 1. The molecule has 0 aromatic heterocycles. The molecule has 0 spiro atoms. The molecule has 3 atom stereocenters. The fraction of sp³-hybridized carbons (Fsp3) is 0.562. The molecular formula is C16H22Cl2N2O. The van der Waals surface area contributed by atoms with Crippen LogP contribution in [0, 0.1) is 11.8 Å². The maximum atomic E-state index is 12.5. The van der Waals surface area contributed by atoms with Crippen molar-refractivity contribution in [1.82, 2.24) is 4.90 Å². The summed E-state index contributed by atoms with van der Waals surface area (Å²) in [4.78, 5) is 14.7. The van der Waals surface area contributed by atoms with Crippen LogP contribution in [0.2, 0.25) is 10.0 Å². The molecule has 116 valence electrons. The van der Waals surface area contributed by atoms with E-state index >= 15 is 0 Å². The lowest BCUT2D eigenvalue weighted by Gasteiger charge is -2.38. The summed E-state index contributed by atoms with van der Waals surface area (Å²) in [5.74, 6) is 1.17. The van der Waals surface area contributed by atoms with E-state index in [4.69, 9.17) is 23.2 Å². The monoisotopic (exact) mass is 328 g/mol. The number of hydrogen-bond acceptors (Lipinski definition) is 2. The summed E-state index contributed by atoms with van der Waals surface area (Å²) in [5, 5.41) is 3.78. The second kappa shape index (κ2) is 6.99. The van der Waals surface area contributed by atoms with Crippen LogP contribution in [0.5, 0.6) is 0 Å². The molecule has 0 aliphatic carbocycles. The number of halogens is 2. The number of benzene rings is 1. The highest BCUT2D eigenvalue weighted by Gasteiger charge is 2.29. The minimum atomic E-state index is -0.192. The third-order valence-electron chi connectivity index (χ3n) is 4.04. The van der Waals surface area contributed by atoms with Crippen LogP contribution in [-0.4, -0.2) is 29.9 Å². The molecular weight excluding hydrogens is 307 g/mol. The largest absolute Gasteiger partial charge is 0.322 e. The zero-order chi connectivity index (χ0) is 15.6. The van der Waals surface area contributed by atoms with Crippen LogP contribution in [0.3, 0.4) is 0 Å². The van der Waals surface area contributed by atoms with E-state index in [1.54, 1.807) is 18.2 Å². The molecule has 1 saturated heterocycles. The molecule has 1 aromatic rings. The van der Waals surface area contributed by atoms with Gasteiger partial charge >= 0.3 is 0 Å². The van der Waals surface area contributed by atoms with Crippen molar-refractivity contribution < 1.29 is 4.79 Å². The van der Waals surface area contributed by atoms with Crippen LogP contribution in [0.15, 0.2) is 18.2 Å². The Balaban J connectivity index is 2.06. The van der Waals surface area contributed by atoms with E-state index in [9.17, 15) is 4.79 Å². The quantitative estimate of drug-likeness (QED) is 0.897. The molecule has 1 aliphatic heterocycles. The molecule has 1 heterocycles. The van der Waals surface area contributed by atoms with E-state index in [1.165, 1.54) is 6.42 Å². The summed E-state index contributed by atoms with van der Waals surface area (Å²) in [5.41, 5.74) is 0.496. The predicted molar refractivity (Wildman–Crippen MR) is 89.1 cm³/mol. The second-order valence-electron chi connectivity index (χ2n) is 6.16. The lowest BCUT2D eigenvalue weighted by Crippen LogP contribution is -2.48. The van der Waals surface area contributed by atoms with Gasteiger partial charge in [-0.25, -0.2) is 0 Å². The van der Waals surface area contributed by atoms with E-state index in [0.29, 0.717) is 27.6 Å². The maximum Gasteiger partial charge on any atom is 0.241 e. The average Bonchev–Trinajstić information content (AvgIpc) is 2.41.